The zero-order valence-electron chi connectivity index (χ0n) is 25.8. The minimum atomic E-state index is -1.59. The summed E-state index contributed by atoms with van der Waals surface area (Å²) in [6.07, 6.45) is 0. The number of hydrogen-bond donors (Lipinski definition) is 0. The Labute approximate surface area is 299 Å². The van der Waals surface area contributed by atoms with E-state index in [9.17, 15) is 0 Å². The second-order valence-corrected chi connectivity index (χ2v) is 10.9. The topological polar surface area (TPSA) is 95.2 Å². The Bertz CT molecular complexity index is 1370. The molecule has 0 N–H and O–H groups in total. The average molecular weight is 732 g/mol. The van der Waals surface area contributed by atoms with Crippen LogP contribution in [0, 0.1) is 13.3 Å². The van der Waals surface area contributed by atoms with Gasteiger partial charge in [0.25, 0.3) is 0 Å². The summed E-state index contributed by atoms with van der Waals surface area (Å²) in [4.78, 5) is 0. The Balaban J connectivity index is 0.000000303. The Kier molecular flexibility index (Phi) is 20.5. The van der Waals surface area contributed by atoms with Gasteiger partial charge in [0, 0.05) is 17.1 Å². The van der Waals surface area contributed by atoms with Crippen LogP contribution in [0.15, 0.2) is 182 Å². The van der Waals surface area contributed by atoms with Crippen molar-refractivity contribution in [3.8, 4) is 34.5 Å². The summed E-state index contributed by atoms with van der Waals surface area (Å²) in [5.41, 5.74) is 0. The van der Waals surface area contributed by atoms with Gasteiger partial charge in [0.05, 0.1) is 0 Å². The number of para-hydroxylation sites is 6. The van der Waals surface area contributed by atoms with Crippen LogP contribution in [0.25, 0.3) is 0 Å². The normalized spacial score (nSPS) is 9.27. The van der Waals surface area contributed by atoms with Crippen molar-refractivity contribution in [3.05, 3.63) is 195 Å². The van der Waals surface area contributed by atoms with Gasteiger partial charge in [-0.25, -0.2) is 0 Å². The quantitative estimate of drug-likeness (QED) is 0.0538. The van der Waals surface area contributed by atoms with E-state index < -0.39 is 17.2 Å². The summed E-state index contributed by atoms with van der Waals surface area (Å²) in [5.74, 6) is 4.25. The molecular formula is C38H30FeO8P2. The van der Waals surface area contributed by atoms with E-state index in [1.54, 1.807) is 0 Å². The average Bonchev–Trinajstić information content (AvgIpc) is 3.16. The predicted octanol–water partition coefficient (Wildman–Crippen LogP) is 10.8. The van der Waals surface area contributed by atoms with Crippen LogP contribution in [-0.2, 0) is 26.4 Å². The Morgan fingerprint density at radius 1 is 0.265 bits per heavy atom. The molecule has 0 bridgehead atoms. The summed E-state index contributed by atoms with van der Waals surface area (Å²) in [6, 6.07) is 57.0. The molecule has 6 aromatic rings. The molecule has 49 heavy (non-hydrogen) atoms. The molecule has 0 saturated carbocycles. The number of hydrogen-bond acceptors (Lipinski definition) is 6. The van der Waals surface area contributed by atoms with Gasteiger partial charge in [0.2, 0.25) is 0 Å². The van der Waals surface area contributed by atoms with Gasteiger partial charge in [-0.15, -0.1) is 0 Å². The summed E-state index contributed by atoms with van der Waals surface area (Å²) in [7, 11) is -3.18. The fourth-order valence-electron chi connectivity index (χ4n) is 3.52. The van der Waals surface area contributed by atoms with E-state index in [1.807, 2.05) is 182 Å². The van der Waals surface area contributed by atoms with Crippen molar-refractivity contribution in [2.45, 2.75) is 0 Å². The fourth-order valence-corrected chi connectivity index (χ4v) is 5.50. The summed E-state index contributed by atoms with van der Waals surface area (Å²) >= 11 is 0. The Morgan fingerprint density at radius 3 is 0.510 bits per heavy atom. The third-order valence-electron chi connectivity index (χ3n) is 5.54. The van der Waals surface area contributed by atoms with Crippen LogP contribution in [0.5, 0.6) is 34.5 Å². The van der Waals surface area contributed by atoms with Crippen molar-refractivity contribution in [1.82, 2.24) is 0 Å². The van der Waals surface area contributed by atoms with Gasteiger partial charge in [-0.2, -0.15) is 0 Å². The van der Waals surface area contributed by atoms with Gasteiger partial charge in [-0.3, -0.25) is 0 Å². The van der Waals surface area contributed by atoms with E-state index in [0.29, 0.717) is 34.5 Å². The molecule has 0 heterocycles. The minimum Gasteiger partial charge on any atom is -0.409 e. The smallest absolute Gasteiger partial charge is 0.409 e. The van der Waals surface area contributed by atoms with Gasteiger partial charge in [0.15, 0.2) is 0 Å². The summed E-state index contributed by atoms with van der Waals surface area (Å²) in [6.45, 7) is 9.00. The number of rotatable bonds is 12. The maximum absolute atomic E-state index is 7.50. The molecule has 0 aliphatic rings. The zero-order chi connectivity index (χ0) is 34.1. The second-order valence-electron chi connectivity index (χ2n) is 8.87. The second kappa shape index (κ2) is 25.1. The monoisotopic (exact) mass is 732 g/mol. The SMILES string of the molecule is [C-]#[O+].[C-]#[O+].[Fe].c1ccc(OP(Oc2ccccc2)Oc2ccccc2)cc1.c1ccc(OP(Oc2ccccc2)Oc2ccccc2)cc1. The van der Waals surface area contributed by atoms with Crippen molar-refractivity contribution >= 4 is 17.2 Å². The first-order chi connectivity index (χ1) is 23.8. The van der Waals surface area contributed by atoms with Crippen LogP contribution in [0.4, 0.5) is 0 Å². The molecule has 0 aliphatic heterocycles. The van der Waals surface area contributed by atoms with Gasteiger partial charge in [0.1, 0.15) is 34.5 Å². The van der Waals surface area contributed by atoms with Crippen LogP contribution in [0.2, 0.25) is 0 Å². The minimum absolute atomic E-state index is 0. The number of benzene rings is 6. The molecule has 0 aliphatic carbocycles. The first-order valence-electron chi connectivity index (χ1n) is 14.2. The molecule has 11 heteroatoms. The first-order valence-corrected chi connectivity index (χ1v) is 16.4. The molecule has 0 atom stereocenters. The molecule has 0 saturated heterocycles. The van der Waals surface area contributed by atoms with Crippen molar-refractivity contribution in [3.63, 3.8) is 0 Å². The van der Waals surface area contributed by atoms with Crippen LogP contribution < -0.4 is 27.1 Å². The molecule has 0 fully saturated rings. The molecule has 6 aromatic carbocycles. The summed E-state index contributed by atoms with van der Waals surface area (Å²) in [5, 5.41) is 0. The van der Waals surface area contributed by atoms with Gasteiger partial charge >= 0.3 is 39.8 Å². The fraction of sp³-hybridized carbons (Fsp3) is 0. The van der Waals surface area contributed by atoms with E-state index in [0.717, 1.165) is 0 Å². The molecule has 0 amide bonds. The van der Waals surface area contributed by atoms with E-state index in [-0.39, 0.29) is 17.1 Å². The third-order valence-corrected chi connectivity index (χ3v) is 7.70. The van der Waals surface area contributed by atoms with Crippen LogP contribution >= 0.6 is 17.2 Å². The summed E-state index contributed by atoms with van der Waals surface area (Å²) < 4.78 is 50.1. The van der Waals surface area contributed by atoms with E-state index >= 15 is 0 Å². The van der Waals surface area contributed by atoms with Gasteiger partial charge < -0.3 is 27.1 Å². The van der Waals surface area contributed by atoms with Gasteiger partial charge in [-0.05, 0) is 72.8 Å². The predicted molar refractivity (Wildman–Crippen MR) is 184 cm³/mol. The molecular weight excluding hydrogens is 702 g/mol. The molecule has 0 spiro atoms. The molecule has 0 aromatic heterocycles. The van der Waals surface area contributed by atoms with Crippen LogP contribution in [0.3, 0.4) is 0 Å². The maximum atomic E-state index is 7.50. The third kappa shape index (κ3) is 16.1. The van der Waals surface area contributed by atoms with E-state index in [1.165, 1.54) is 0 Å². The van der Waals surface area contributed by atoms with Crippen molar-refractivity contribution in [1.29, 1.82) is 0 Å². The molecule has 0 unspecified atom stereocenters. The van der Waals surface area contributed by atoms with Crippen molar-refractivity contribution in [2.24, 2.45) is 0 Å². The van der Waals surface area contributed by atoms with E-state index in [4.69, 9.17) is 36.4 Å². The van der Waals surface area contributed by atoms with Crippen molar-refractivity contribution in [2.75, 3.05) is 0 Å². The molecule has 0 radical (unpaired) electrons. The largest absolute Gasteiger partial charge is 0.530 e. The zero-order valence-corrected chi connectivity index (χ0v) is 28.7. The van der Waals surface area contributed by atoms with Crippen molar-refractivity contribution < 1.29 is 53.5 Å². The Hall–Kier alpha value is -5.02. The molecule has 6 rings (SSSR count). The Morgan fingerprint density at radius 2 is 0.388 bits per heavy atom. The van der Waals surface area contributed by atoms with Crippen LogP contribution in [0.1, 0.15) is 0 Å². The maximum Gasteiger partial charge on any atom is 0.530 e. The molecule has 8 nitrogen and oxygen atoms in total. The first kappa shape index (κ1) is 40.2. The molecule has 248 valence electrons. The van der Waals surface area contributed by atoms with Crippen LogP contribution in [-0.4, -0.2) is 0 Å². The van der Waals surface area contributed by atoms with Gasteiger partial charge in [-0.1, -0.05) is 109 Å². The van der Waals surface area contributed by atoms with E-state index in [2.05, 4.69) is 13.3 Å². The standard InChI is InChI=1S/2C18H15O3P.2CO.Fe/c2*1-4-10-16(11-5-1)19-22(20-17-12-6-2-7-13-17)21-18-14-8-3-9-15-18;2*1-2;/h2*1-15H;;;.